The lowest BCUT2D eigenvalue weighted by atomic mass is 10.2. The van der Waals surface area contributed by atoms with Crippen LogP contribution in [-0.4, -0.2) is 61.0 Å². The number of piperazine rings is 1. The van der Waals surface area contributed by atoms with Crippen LogP contribution in [0.1, 0.15) is 20.8 Å². The Labute approximate surface area is 92.6 Å². The van der Waals surface area contributed by atoms with Gasteiger partial charge in [0.15, 0.2) is 0 Å². The molecule has 0 aromatic rings. The first-order valence-electron chi connectivity index (χ1n) is 5.83. The first-order valence-corrected chi connectivity index (χ1v) is 5.83. The van der Waals surface area contributed by atoms with Crippen molar-refractivity contribution in [3.63, 3.8) is 0 Å². The lowest BCUT2D eigenvalue weighted by Gasteiger charge is -2.33. The van der Waals surface area contributed by atoms with Gasteiger partial charge < -0.3 is 15.2 Å². The van der Waals surface area contributed by atoms with Crippen LogP contribution in [0, 0.1) is 0 Å². The molecule has 0 aromatic carbocycles. The molecule has 0 saturated carbocycles. The molecule has 4 nitrogen and oxygen atoms in total. The Kier molecular flexibility index (Phi) is 5.53. The lowest BCUT2D eigenvalue weighted by molar-refractivity contribution is -0.0113. The van der Waals surface area contributed by atoms with Crippen molar-refractivity contribution in [1.29, 1.82) is 0 Å². The molecule has 2 N–H and O–H groups in total. The molecule has 0 radical (unpaired) electrons. The minimum Gasteiger partial charge on any atom is -0.389 e. The topological polar surface area (TPSA) is 44.7 Å². The van der Waals surface area contributed by atoms with E-state index in [0.717, 1.165) is 26.2 Å². The Morgan fingerprint density at radius 1 is 1.53 bits per heavy atom. The zero-order valence-electron chi connectivity index (χ0n) is 10.1. The number of ether oxygens (including phenoxy) is 1. The van der Waals surface area contributed by atoms with Gasteiger partial charge in [-0.2, -0.15) is 0 Å². The molecule has 0 bridgehead atoms. The van der Waals surface area contributed by atoms with Gasteiger partial charge in [-0.15, -0.1) is 0 Å². The van der Waals surface area contributed by atoms with Gasteiger partial charge in [-0.3, -0.25) is 4.90 Å². The largest absolute Gasteiger partial charge is 0.389 e. The highest BCUT2D eigenvalue weighted by Crippen LogP contribution is 2.01. The molecule has 1 unspecified atom stereocenters. The van der Waals surface area contributed by atoms with E-state index in [1.165, 1.54) is 0 Å². The Morgan fingerprint density at radius 3 is 2.87 bits per heavy atom. The maximum absolute atomic E-state index is 9.75. The third-order valence-corrected chi connectivity index (χ3v) is 2.54. The summed E-state index contributed by atoms with van der Waals surface area (Å²) in [4.78, 5) is 2.29. The summed E-state index contributed by atoms with van der Waals surface area (Å²) in [5.74, 6) is 0. The number of nitrogens with zero attached hydrogens (tertiary/aromatic N) is 1. The van der Waals surface area contributed by atoms with Crippen molar-refractivity contribution in [3.8, 4) is 0 Å². The molecule has 0 aromatic heterocycles. The summed E-state index contributed by atoms with van der Waals surface area (Å²) in [5.41, 5.74) is 0. The van der Waals surface area contributed by atoms with Gasteiger partial charge >= 0.3 is 0 Å². The number of aliphatic hydroxyl groups excluding tert-OH is 1. The Bertz CT molecular complexity index is 176. The van der Waals surface area contributed by atoms with Crippen LogP contribution < -0.4 is 5.32 Å². The molecule has 0 spiro atoms. The van der Waals surface area contributed by atoms with E-state index < -0.39 is 0 Å². The first-order chi connectivity index (χ1) is 7.08. The fraction of sp³-hybridized carbons (Fsp3) is 1.00. The van der Waals surface area contributed by atoms with E-state index in [0.29, 0.717) is 12.6 Å². The van der Waals surface area contributed by atoms with Crippen molar-refractivity contribution in [2.75, 3.05) is 32.8 Å². The van der Waals surface area contributed by atoms with Gasteiger partial charge in [0.25, 0.3) is 0 Å². The van der Waals surface area contributed by atoms with Crippen LogP contribution in [0.4, 0.5) is 0 Å². The molecule has 15 heavy (non-hydrogen) atoms. The maximum Gasteiger partial charge on any atom is 0.0900 e. The monoisotopic (exact) mass is 216 g/mol. The summed E-state index contributed by atoms with van der Waals surface area (Å²) < 4.78 is 5.38. The quantitative estimate of drug-likeness (QED) is 0.682. The van der Waals surface area contributed by atoms with Crippen LogP contribution in [0.2, 0.25) is 0 Å². The van der Waals surface area contributed by atoms with Crippen LogP contribution in [0.15, 0.2) is 0 Å². The van der Waals surface area contributed by atoms with E-state index in [2.05, 4.69) is 17.1 Å². The van der Waals surface area contributed by atoms with Crippen molar-refractivity contribution >= 4 is 0 Å². The highest BCUT2D eigenvalue weighted by molar-refractivity contribution is 4.76. The summed E-state index contributed by atoms with van der Waals surface area (Å²) in [7, 11) is 0. The number of rotatable bonds is 5. The molecule has 90 valence electrons. The summed E-state index contributed by atoms with van der Waals surface area (Å²) in [6, 6.07) is 0.525. The summed E-state index contributed by atoms with van der Waals surface area (Å²) in [6.45, 7) is 10.3. The van der Waals surface area contributed by atoms with Gasteiger partial charge in [0, 0.05) is 32.2 Å². The number of aliphatic hydroxyl groups is 1. The fourth-order valence-electron chi connectivity index (χ4n) is 1.83. The minimum absolute atomic E-state index is 0.196. The molecule has 1 heterocycles. The van der Waals surface area contributed by atoms with E-state index in [-0.39, 0.29) is 12.2 Å². The first kappa shape index (κ1) is 12.9. The lowest BCUT2D eigenvalue weighted by Crippen LogP contribution is -2.51. The zero-order valence-corrected chi connectivity index (χ0v) is 10.1. The van der Waals surface area contributed by atoms with E-state index >= 15 is 0 Å². The average molecular weight is 216 g/mol. The van der Waals surface area contributed by atoms with Crippen molar-refractivity contribution in [3.05, 3.63) is 0 Å². The van der Waals surface area contributed by atoms with Gasteiger partial charge in [-0.1, -0.05) is 0 Å². The SMILES string of the molecule is CC(C)OCC(O)CN1CCN[C@@H](C)C1. The molecule has 1 aliphatic rings. The van der Waals surface area contributed by atoms with E-state index in [1.54, 1.807) is 0 Å². The minimum atomic E-state index is -0.363. The number of hydrogen-bond acceptors (Lipinski definition) is 4. The summed E-state index contributed by atoms with van der Waals surface area (Å²) >= 11 is 0. The second-order valence-electron chi connectivity index (χ2n) is 4.65. The van der Waals surface area contributed by atoms with Crippen molar-refractivity contribution in [1.82, 2.24) is 10.2 Å². The molecule has 4 heteroatoms. The second kappa shape index (κ2) is 6.43. The molecule has 2 atom stereocenters. The molecule has 0 amide bonds. The van der Waals surface area contributed by atoms with E-state index in [4.69, 9.17) is 4.74 Å². The molecular formula is C11H24N2O2. The van der Waals surface area contributed by atoms with Gasteiger partial charge in [0.05, 0.1) is 18.8 Å². The Hall–Kier alpha value is -0.160. The molecule has 1 rings (SSSR count). The van der Waals surface area contributed by atoms with Gasteiger partial charge in [0.2, 0.25) is 0 Å². The van der Waals surface area contributed by atoms with Crippen LogP contribution in [-0.2, 0) is 4.74 Å². The predicted octanol–water partition coefficient (Wildman–Crippen LogP) is 0.0660. The third-order valence-electron chi connectivity index (χ3n) is 2.54. The predicted molar refractivity (Wildman–Crippen MR) is 61.0 cm³/mol. The van der Waals surface area contributed by atoms with Gasteiger partial charge in [-0.05, 0) is 20.8 Å². The van der Waals surface area contributed by atoms with Crippen LogP contribution in [0.5, 0.6) is 0 Å². The number of β-amino-alcohol motifs (C(OH)–C–C–N with tert-alkyl or cyclic N) is 1. The van der Waals surface area contributed by atoms with E-state index in [1.807, 2.05) is 13.8 Å². The maximum atomic E-state index is 9.75. The molecule has 1 fully saturated rings. The fourth-order valence-corrected chi connectivity index (χ4v) is 1.83. The van der Waals surface area contributed by atoms with Gasteiger partial charge in [-0.25, -0.2) is 0 Å². The standard InChI is InChI=1S/C11H24N2O2/c1-9(2)15-8-11(14)7-13-5-4-12-10(3)6-13/h9-12,14H,4-8H2,1-3H3/t10-,11?/m0/s1. The Balaban J connectivity index is 2.16. The van der Waals surface area contributed by atoms with Crippen LogP contribution in [0.25, 0.3) is 0 Å². The normalized spacial score (nSPS) is 25.8. The third kappa shape index (κ3) is 5.47. The summed E-state index contributed by atoms with van der Waals surface area (Å²) in [6.07, 6.45) is -0.167. The Morgan fingerprint density at radius 2 is 2.27 bits per heavy atom. The van der Waals surface area contributed by atoms with E-state index in [9.17, 15) is 5.11 Å². The smallest absolute Gasteiger partial charge is 0.0900 e. The van der Waals surface area contributed by atoms with Crippen molar-refractivity contribution in [2.45, 2.75) is 39.0 Å². The van der Waals surface area contributed by atoms with Crippen LogP contribution in [0.3, 0.4) is 0 Å². The molecule has 1 saturated heterocycles. The van der Waals surface area contributed by atoms with Crippen molar-refractivity contribution < 1.29 is 9.84 Å². The molecule has 1 aliphatic heterocycles. The zero-order chi connectivity index (χ0) is 11.3. The molecular weight excluding hydrogens is 192 g/mol. The number of hydrogen-bond donors (Lipinski definition) is 2. The highest BCUT2D eigenvalue weighted by atomic mass is 16.5. The van der Waals surface area contributed by atoms with Gasteiger partial charge in [0.1, 0.15) is 0 Å². The average Bonchev–Trinajstić information content (AvgIpc) is 2.15. The summed E-state index contributed by atoms with van der Waals surface area (Å²) in [5, 5.41) is 13.1. The number of nitrogens with one attached hydrogen (secondary N) is 1. The molecule has 0 aliphatic carbocycles. The second-order valence-corrected chi connectivity index (χ2v) is 4.65. The van der Waals surface area contributed by atoms with Crippen LogP contribution >= 0.6 is 0 Å². The highest BCUT2D eigenvalue weighted by Gasteiger charge is 2.18. The van der Waals surface area contributed by atoms with Crippen molar-refractivity contribution in [2.24, 2.45) is 0 Å².